The largest absolute Gasteiger partial charge is 0.369 e. The van der Waals surface area contributed by atoms with Crippen molar-refractivity contribution in [1.82, 2.24) is 4.90 Å². The molecule has 0 spiro atoms. The van der Waals surface area contributed by atoms with Crippen molar-refractivity contribution < 1.29 is 18.0 Å². The molecule has 2 amide bonds. The van der Waals surface area contributed by atoms with Crippen molar-refractivity contribution in [3.63, 3.8) is 0 Å². The Balaban J connectivity index is 2.21. The molecule has 1 aliphatic heterocycles. The maximum Gasteiger partial charge on any atom is 0.254 e. The molecule has 4 N–H and O–H groups in total. The van der Waals surface area contributed by atoms with Gasteiger partial charge in [0.2, 0.25) is 5.91 Å². The van der Waals surface area contributed by atoms with Gasteiger partial charge in [0.05, 0.1) is 4.90 Å². The third kappa shape index (κ3) is 4.12. The van der Waals surface area contributed by atoms with Crippen molar-refractivity contribution in [3.05, 3.63) is 29.8 Å². The number of hydrogen-bond donors (Lipinski definition) is 2. The molecular formula is C16H23N3O4S. The van der Waals surface area contributed by atoms with Gasteiger partial charge in [-0.1, -0.05) is 0 Å². The highest BCUT2D eigenvalue weighted by Crippen LogP contribution is 2.22. The van der Waals surface area contributed by atoms with Crippen LogP contribution in [0.1, 0.15) is 36.5 Å². The van der Waals surface area contributed by atoms with Gasteiger partial charge in [-0.2, -0.15) is 0 Å². The lowest BCUT2D eigenvalue weighted by Crippen LogP contribution is -2.51. The summed E-state index contributed by atoms with van der Waals surface area (Å²) in [6.07, 6.45) is 2.84. The lowest BCUT2D eigenvalue weighted by atomic mass is 9.96. The molecule has 0 bridgehead atoms. The Hall–Kier alpha value is -1.93. The van der Waals surface area contributed by atoms with Gasteiger partial charge in [0, 0.05) is 24.2 Å². The van der Waals surface area contributed by atoms with E-state index in [0.717, 1.165) is 19.3 Å². The molecule has 1 aromatic carbocycles. The molecule has 0 saturated carbocycles. The van der Waals surface area contributed by atoms with Crippen molar-refractivity contribution >= 4 is 21.7 Å². The van der Waals surface area contributed by atoms with Gasteiger partial charge in [-0.05, 0) is 50.5 Å². The minimum absolute atomic E-state index is 0.00970. The van der Waals surface area contributed by atoms with Crippen molar-refractivity contribution in [1.29, 1.82) is 0 Å². The molecule has 1 saturated heterocycles. The number of piperidine rings is 1. The summed E-state index contributed by atoms with van der Waals surface area (Å²) in [6, 6.07) is 5.45. The minimum atomic E-state index is -3.77. The summed E-state index contributed by atoms with van der Waals surface area (Å²) >= 11 is 0. The van der Waals surface area contributed by atoms with E-state index in [-0.39, 0.29) is 22.9 Å². The zero-order valence-electron chi connectivity index (χ0n) is 13.6. The molecule has 0 radical (unpaired) electrons. The van der Waals surface area contributed by atoms with Crippen molar-refractivity contribution in [2.24, 2.45) is 11.5 Å². The third-order valence-electron chi connectivity index (χ3n) is 4.21. The predicted molar refractivity (Wildman–Crippen MR) is 90.0 cm³/mol. The van der Waals surface area contributed by atoms with E-state index in [1.54, 1.807) is 4.90 Å². The molecule has 1 aliphatic rings. The van der Waals surface area contributed by atoms with Gasteiger partial charge in [0.1, 0.15) is 5.75 Å². The molecule has 0 aliphatic carbocycles. The summed E-state index contributed by atoms with van der Waals surface area (Å²) in [5.74, 6) is -1.82. The molecule has 7 nitrogen and oxygen atoms in total. The number of carbonyl (C=O) groups is 2. The molecule has 8 heteroatoms. The Morgan fingerprint density at radius 1 is 1.25 bits per heavy atom. The fourth-order valence-corrected chi connectivity index (χ4v) is 4.09. The number of likely N-dealkylation sites (tertiary alicyclic amines) is 1. The lowest BCUT2D eigenvalue weighted by Gasteiger charge is -2.38. The van der Waals surface area contributed by atoms with Crippen LogP contribution < -0.4 is 11.5 Å². The van der Waals surface area contributed by atoms with E-state index < -0.39 is 21.5 Å². The predicted octanol–water partition coefficient (Wildman–Crippen LogP) is 0.288. The van der Waals surface area contributed by atoms with Crippen LogP contribution in [-0.4, -0.2) is 49.5 Å². The number of hydrogen-bond acceptors (Lipinski definition) is 5. The average Bonchev–Trinajstić information content (AvgIpc) is 2.53. The maximum atomic E-state index is 12.7. The van der Waals surface area contributed by atoms with Gasteiger partial charge < -0.3 is 16.4 Å². The van der Waals surface area contributed by atoms with Gasteiger partial charge >= 0.3 is 0 Å². The van der Waals surface area contributed by atoms with E-state index >= 15 is 0 Å². The number of benzene rings is 1. The molecule has 2 unspecified atom stereocenters. The molecule has 1 heterocycles. The van der Waals surface area contributed by atoms with E-state index in [1.165, 1.54) is 24.3 Å². The summed E-state index contributed by atoms with van der Waals surface area (Å²) in [5.41, 5.74) is 11.3. The Kier molecular flexibility index (Phi) is 5.61. The smallest absolute Gasteiger partial charge is 0.254 e. The molecule has 24 heavy (non-hydrogen) atoms. The number of nitrogens with two attached hydrogens (primary N) is 2. The summed E-state index contributed by atoms with van der Waals surface area (Å²) in [6.45, 7) is 2.53. The normalized spacial score (nSPS) is 19.8. The molecule has 1 aromatic rings. The molecule has 2 atom stereocenters. The summed E-state index contributed by atoms with van der Waals surface area (Å²) in [4.78, 5) is 25.3. The summed E-state index contributed by atoms with van der Waals surface area (Å²) < 4.78 is 23.9. The van der Waals surface area contributed by atoms with Gasteiger partial charge in [-0.25, -0.2) is 8.42 Å². The zero-order chi connectivity index (χ0) is 17.9. The Bertz CT molecular complexity index is 713. The first-order valence-electron chi connectivity index (χ1n) is 7.90. The number of primary amides is 1. The van der Waals surface area contributed by atoms with Crippen molar-refractivity contribution in [2.45, 2.75) is 43.2 Å². The number of amides is 2. The quantitative estimate of drug-likeness (QED) is 0.787. The second-order valence-corrected chi connectivity index (χ2v) is 8.16. The lowest BCUT2D eigenvalue weighted by molar-refractivity contribution is -0.115. The number of rotatable bonds is 5. The topological polar surface area (TPSA) is 124 Å². The highest BCUT2D eigenvalue weighted by Gasteiger charge is 2.30. The van der Waals surface area contributed by atoms with Crippen molar-refractivity contribution in [3.8, 4) is 0 Å². The Morgan fingerprint density at radius 2 is 1.88 bits per heavy atom. The van der Waals surface area contributed by atoms with Gasteiger partial charge in [-0.15, -0.1) is 0 Å². The van der Waals surface area contributed by atoms with Crippen LogP contribution in [-0.2, 0) is 14.6 Å². The van der Waals surface area contributed by atoms with E-state index in [2.05, 4.69) is 0 Å². The SMILES string of the molecule is CC(N)C1CCCCN1C(=O)c1ccc(S(=O)(=O)CC(N)=O)cc1. The molecule has 2 rings (SSSR count). The van der Waals surface area contributed by atoms with Gasteiger partial charge in [0.15, 0.2) is 9.84 Å². The van der Waals surface area contributed by atoms with Gasteiger partial charge in [-0.3, -0.25) is 9.59 Å². The average molecular weight is 353 g/mol. The van der Waals surface area contributed by atoms with E-state index in [9.17, 15) is 18.0 Å². The monoisotopic (exact) mass is 353 g/mol. The zero-order valence-corrected chi connectivity index (χ0v) is 14.5. The highest BCUT2D eigenvalue weighted by molar-refractivity contribution is 7.92. The first-order valence-corrected chi connectivity index (χ1v) is 9.55. The minimum Gasteiger partial charge on any atom is -0.369 e. The van der Waals surface area contributed by atoms with Crippen LogP contribution in [0, 0.1) is 0 Å². The van der Waals surface area contributed by atoms with E-state index in [1.807, 2.05) is 6.92 Å². The Morgan fingerprint density at radius 3 is 2.42 bits per heavy atom. The van der Waals surface area contributed by atoms with Crippen LogP contribution in [0.3, 0.4) is 0 Å². The van der Waals surface area contributed by atoms with E-state index in [0.29, 0.717) is 12.1 Å². The third-order valence-corrected chi connectivity index (χ3v) is 5.86. The number of nitrogens with zero attached hydrogens (tertiary/aromatic N) is 1. The van der Waals surface area contributed by atoms with Crippen LogP contribution in [0.4, 0.5) is 0 Å². The highest BCUT2D eigenvalue weighted by atomic mass is 32.2. The van der Waals surface area contributed by atoms with Crippen LogP contribution in [0.25, 0.3) is 0 Å². The molecule has 0 aromatic heterocycles. The van der Waals surface area contributed by atoms with Crippen LogP contribution >= 0.6 is 0 Å². The number of sulfone groups is 1. The summed E-state index contributed by atoms with van der Waals surface area (Å²) in [7, 11) is -3.77. The Labute approximate surface area is 141 Å². The van der Waals surface area contributed by atoms with Crippen LogP contribution in [0.2, 0.25) is 0 Å². The second kappa shape index (κ2) is 7.31. The summed E-state index contributed by atoms with van der Waals surface area (Å²) in [5, 5.41) is 0. The molecule has 132 valence electrons. The standard InChI is InChI=1S/C16H23N3O4S/c1-11(17)14-4-2-3-9-19(14)16(21)12-5-7-13(8-6-12)24(22,23)10-15(18)20/h5-8,11,14H,2-4,9-10,17H2,1H3,(H2,18,20). The van der Waals surface area contributed by atoms with Crippen LogP contribution in [0.5, 0.6) is 0 Å². The molecular weight excluding hydrogens is 330 g/mol. The fraction of sp³-hybridized carbons (Fsp3) is 0.500. The number of carbonyl (C=O) groups excluding carboxylic acids is 2. The van der Waals surface area contributed by atoms with Crippen LogP contribution in [0.15, 0.2) is 29.2 Å². The second-order valence-electron chi connectivity index (χ2n) is 6.17. The van der Waals surface area contributed by atoms with Crippen molar-refractivity contribution in [2.75, 3.05) is 12.3 Å². The van der Waals surface area contributed by atoms with Gasteiger partial charge in [0.25, 0.3) is 5.91 Å². The van der Waals surface area contributed by atoms with E-state index in [4.69, 9.17) is 11.5 Å². The molecule has 1 fully saturated rings. The first kappa shape index (κ1) is 18.4. The first-order chi connectivity index (χ1) is 11.2. The fourth-order valence-electron chi connectivity index (χ4n) is 3.00. The maximum absolute atomic E-state index is 12.7.